The summed E-state index contributed by atoms with van der Waals surface area (Å²) >= 11 is 0. The quantitative estimate of drug-likeness (QED) is 0.643. The molecule has 0 saturated heterocycles. The zero-order chi connectivity index (χ0) is 19.7. The number of aryl methyl sites for hydroxylation is 2. The molecule has 27 heavy (non-hydrogen) atoms. The average molecular weight is 370 g/mol. The van der Waals surface area contributed by atoms with Gasteiger partial charge in [-0.25, -0.2) is 4.98 Å². The van der Waals surface area contributed by atoms with Gasteiger partial charge in [0.15, 0.2) is 0 Å². The summed E-state index contributed by atoms with van der Waals surface area (Å²) in [6, 6.07) is 1.45. The molecule has 0 radical (unpaired) electrons. The predicted octanol–water partition coefficient (Wildman–Crippen LogP) is 1.67. The molecular formula is C19H22N4O4. The van der Waals surface area contributed by atoms with Gasteiger partial charge in [-0.15, -0.1) is 6.58 Å². The van der Waals surface area contributed by atoms with Gasteiger partial charge in [0.25, 0.3) is 11.5 Å². The van der Waals surface area contributed by atoms with Crippen molar-refractivity contribution in [3.05, 3.63) is 58.7 Å². The zero-order valence-electron chi connectivity index (χ0n) is 15.5. The fraction of sp³-hybridized carbons (Fsp3) is 0.316. The average Bonchev–Trinajstić information content (AvgIpc) is 3.20. The Kier molecular flexibility index (Phi) is 5.00. The highest BCUT2D eigenvalue weighted by Crippen LogP contribution is 2.26. The van der Waals surface area contributed by atoms with Gasteiger partial charge in [-0.3, -0.25) is 18.6 Å². The summed E-state index contributed by atoms with van der Waals surface area (Å²) < 4.78 is 8.69. The third-order valence-electron chi connectivity index (χ3n) is 4.23. The van der Waals surface area contributed by atoms with Crippen LogP contribution in [0.1, 0.15) is 28.9 Å². The van der Waals surface area contributed by atoms with E-state index in [4.69, 9.17) is 9.52 Å². The molecule has 0 unspecified atom stereocenters. The molecular weight excluding hydrogens is 348 g/mol. The summed E-state index contributed by atoms with van der Waals surface area (Å²) in [7, 11) is 0. The van der Waals surface area contributed by atoms with Gasteiger partial charge < -0.3 is 14.8 Å². The van der Waals surface area contributed by atoms with E-state index < -0.39 is 11.9 Å². The smallest absolute Gasteiger partial charge is 0.295 e. The number of furan rings is 1. The second kappa shape index (κ2) is 7.24. The second-order valence-electron chi connectivity index (χ2n) is 6.46. The van der Waals surface area contributed by atoms with Gasteiger partial charge in [-0.1, -0.05) is 6.08 Å². The molecule has 3 rings (SSSR count). The summed E-state index contributed by atoms with van der Waals surface area (Å²) in [5, 5.41) is 11.7. The number of carbonyl (C=O) groups excluding carboxylic acids is 1. The number of aliphatic hydroxyl groups is 1. The lowest BCUT2D eigenvalue weighted by Gasteiger charge is -2.11. The fourth-order valence-electron chi connectivity index (χ4n) is 2.94. The minimum Gasteiger partial charge on any atom is -0.466 e. The van der Waals surface area contributed by atoms with E-state index in [1.807, 2.05) is 19.9 Å². The maximum atomic E-state index is 13.0. The van der Waals surface area contributed by atoms with Crippen LogP contribution in [-0.4, -0.2) is 37.6 Å². The molecule has 0 saturated carbocycles. The zero-order valence-corrected chi connectivity index (χ0v) is 15.5. The molecule has 8 nitrogen and oxygen atoms in total. The molecule has 0 spiro atoms. The lowest BCUT2D eigenvalue weighted by molar-refractivity contribution is 0.0918. The monoisotopic (exact) mass is 370 g/mol. The first kappa shape index (κ1) is 18.7. The first-order valence-corrected chi connectivity index (χ1v) is 8.58. The van der Waals surface area contributed by atoms with Crippen molar-refractivity contribution in [1.82, 2.24) is 19.3 Å². The molecule has 0 aliphatic carbocycles. The van der Waals surface area contributed by atoms with Crippen molar-refractivity contribution >= 4 is 11.6 Å². The van der Waals surface area contributed by atoms with Crippen molar-refractivity contribution in [2.75, 3.05) is 6.61 Å². The van der Waals surface area contributed by atoms with Gasteiger partial charge in [0.05, 0.1) is 12.3 Å². The first-order chi connectivity index (χ1) is 12.8. The lowest BCUT2D eigenvalue weighted by Crippen LogP contribution is -2.35. The second-order valence-corrected chi connectivity index (χ2v) is 6.46. The SMILES string of the molecule is C=CCn1c(-c2cc(C)oc2C)cn2cc(C(=O)N[C@@H](C)CO)nc2c1=O. The van der Waals surface area contributed by atoms with Crippen molar-refractivity contribution in [2.45, 2.75) is 33.4 Å². The van der Waals surface area contributed by atoms with E-state index in [2.05, 4.69) is 16.9 Å². The van der Waals surface area contributed by atoms with Crippen LogP contribution in [0.5, 0.6) is 0 Å². The topological polar surface area (TPSA) is 102 Å². The molecule has 0 aromatic carbocycles. The van der Waals surface area contributed by atoms with E-state index >= 15 is 0 Å². The summed E-state index contributed by atoms with van der Waals surface area (Å²) in [4.78, 5) is 29.4. The van der Waals surface area contributed by atoms with Gasteiger partial charge in [-0.2, -0.15) is 0 Å². The minimum atomic E-state index is -0.452. The van der Waals surface area contributed by atoms with Gasteiger partial charge in [-0.05, 0) is 26.8 Å². The largest absolute Gasteiger partial charge is 0.466 e. The maximum absolute atomic E-state index is 13.0. The van der Waals surface area contributed by atoms with Crippen LogP contribution in [0.25, 0.3) is 16.9 Å². The van der Waals surface area contributed by atoms with Crippen LogP contribution >= 0.6 is 0 Å². The van der Waals surface area contributed by atoms with Crippen LogP contribution in [0.2, 0.25) is 0 Å². The summed E-state index contributed by atoms with van der Waals surface area (Å²) in [6.07, 6.45) is 4.88. The Morgan fingerprint density at radius 2 is 2.19 bits per heavy atom. The van der Waals surface area contributed by atoms with Crippen molar-refractivity contribution in [2.24, 2.45) is 0 Å². The molecule has 0 fully saturated rings. The Hall–Kier alpha value is -3.13. The van der Waals surface area contributed by atoms with E-state index in [1.165, 1.54) is 10.6 Å². The number of aliphatic hydroxyl groups excluding tert-OH is 1. The third kappa shape index (κ3) is 3.43. The van der Waals surface area contributed by atoms with Gasteiger partial charge in [0.2, 0.25) is 5.65 Å². The fourth-order valence-corrected chi connectivity index (χ4v) is 2.94. The highest BCUT2D eigenvalue weighted by atomic mass is 16.3. The number of carbonyl (C=O) groups is 1. The Morgan fingerprint density at radius 3 is 2.78 bits per heavy atom. The standard InChI is InChI=1S/C19H22N4O4/c1-5-6-23-16(14-7-12(3)27-13(14)4)9-22-8-15(21-17(22)19(23)26)18(25)20-11(2)10-24/h5,7-9,11,24H,1,6,10H2,2-4H3,(H,20,25)/t11-/m0/s1. The molecule has 1 atom stereocenters. The molecule has 0 bridgehead atoms. The summed E-state index contributed by atoms with van der Waals surface area (Å²) in [5.74, 6) is 0.981. The highest BCUT2D eigenvalue weighted by Gasteiger charge is 2.19. The van der Waals surface area contributed by atoms with Crippen molar-refractivity contribution in [3.63, 3.8) is 0 Å². The first-order valence-electron chi connectivity index (χ1n) is 8.58. The predicted molar refractivity (Wildman–Crippen MR) is 101 cm³/mol. The molecule has 142 valence electrons. The van der Waals surface area contributed by atoms with Gasteiger partial charge in [0.1, 0.15) is 17.2 Å². The normalized spacial score (nSPS) is 12.3. The number of nitrogens with zero attached hydrogens (tertiary/aromatic N) is 3. The number of allylic oxidation sites excluding steroid dienone is 1. The molecule has 0 aliphatic rings. The van der Waals surface area contributed by atoms with E-state index in [0.29, 0.717) is 18.0 Å². The molecule has 2 N–H and O–H groups in total. The number of hydrogen-bond donors (Lipinski definition) is 2. The van der Waals surface area contributed by atoms with Crippen LogP contribution in [0.15, 0.2) is 40.3 Å². The Labute approximate surface area is 155 Å². The van der Waals surface area contributed by atoms with Crippen LogP contribution in [0, 0.1) is 13.8 Å². The third-order valence-corrected chi connectivity index (χ3v) is 4.23. The number of nitrogens with one attached hydrogen (secondary N) is 1. The number of aromatic nitrogens is 3. The van der Waals surface area contributed by atoms with Crippen molar-refractivity contribution < 1.29 is 14.3 Å². The van der Waals surface area contributed by atoms with Gasteiger partial charge >= 0.3 is 0 Å². The van der Waals surface area contributed by atoms with Crippen molar-refractivity contribution in [1.29, 1.82) is 0 Å². The van der Waals surface area contributed by atoms with Crippen LogP contribution in [-0.2, 0) is 6.54 Å². The lowest BCUT2D eigenvalue weighted by atomic mass is 10.2. The Morgan fingerprint density at radius 1 is 1.44 bits per heavy atom. The van der Waals surface area contributed by atoms with Crippen LogP contribution in [0.4, 0.5) is 0 Å². The van der Waals surface area contributed by atoms with E-state index in [9.17, 15) is 9.59 Å². The van der Waals surface area contributed by atoms with Gasteiger partial charge in [0, 0.05) is 30.5 Å². The van der Waals surface area contributed by atoms with E-state index in [-0.39, 0.29) is 23.5 Å². The number of fused-ring (bicyclic) bond motifs is 1. The molecule has 1 amide bonds. The van der Waals surface area contributed by atoms with E-state index in [0.717, 1.165) is 11.3 Å². The minimum absolute atomic E-state index is 0.106. The Balaban J connectivity index is 2.18. The molecule has 3 aromatic rings. The number of hydrogen-bond acceptors (Lipinski definition) is 5. The highest BCUT2D eigenvalue weighted by molar-refractivity contribution is 5.93. The van der Waals surface area contributed by atoms with E-state index in [1.54, 1.807) is 23.8 Å². The molecule has 0 aliphatic heterocycles. The summed E-state index contributed by atoms with van der Waals surface area (Å²) in [5.41, 5.74) is 1.35. The summed E-state index contributed by atoms with van der Waals surface area (Å²) in [6.45, 7) is 9.17. The van der Waals surface area contributed by atoms with Crippen LogP contribution < -0.4 is 10.9 Å². The number of amides is 1. The number of rotatable bonds is 6. The van der Waals surface area contributed by atoms with Crippen molar-refractivity contribution in [3.8, 4) is 11.3 Å². The molecule has 3 heterocycles. The molecule has 3 aromatic heterocycles. The maximum Gasteiger partial charge on any atom is 0.295 e. The molecule has 8 heteroatoms. The number of imidazole rings is 1. The Bertz CT molecular complexity index is 1070. The van der Waals surface area contributed by atoms with Crippen LogP contribution in [0.3, 0.4) is 0 Å².